The molecule has 2 aromatic rings. The van der Waals surface area contributed by atoms with Gasteiger partial charge in [-0.25, -0.2) is 4.79 Å². The van der Waals surface area contributed by atoms with Gasteiger partial charge in [-0.05, 0) is 50.5 Å². The molecule has 5 rings (SSSR count). The molecule has 0 aliphatic carbocycles. The standard InChI is InChI=1S/C27H31N5O4/c1-27-15-11-24(34)32(27)22-10-6-5-9-21(22)25(35)31(27)18-14-23(33)28-20-12-16-30(17-13-20)26(36)29-19-7-3-2-4-8-19/h2-10,20H,11-18H2,1H3,(H,28,33)(H,29,36). The number of urea groups is 1. The predicted molar refractivity (Wildman–Crippen MR) is 135 cm³/mol. The minimum absolute atomic E-state index is 0.00466. The summed E-state index contributed by atoms with van der Waals surface area (Å²) in [5.41, 5.74) is 1.13. The Hall–Kier alpha value is -3.88. The Morgan fingerprint density at radius 3 is 2.44 bits per heavy atom. The lowest BCUT2D eigenvalue weighted by atomic mass is 9.98. The van der Waals surface area contributed by atoms with Crippen molar-refractivity contribution >= 4 is 35.1 Å². The molecule has 0 bridgehead atoms. The van der Waals surface area contributed by atoms with E-state index in [2.05, 4.69) is 10.6 Å². The average Bonchev–Trinajstić information content (AvgIpc) is 3.19. The number of nitrogens with one attached hydrogen (secondary N) is 2. The maximum Gasteiger partial charge on any atom is 0.321 e. The highest BCUT2D eigenvalue weighted by molar-refractivity contribution is 6.10. The van der Waals surface area contributed by atoms with E-state index in [0.717, 1.165) is 5.69 Å². The van der Waals surface area contributed by atoms with Crippen LogP contribution in [0.1, 0.15) is 49.4 Å². The Morgan fingerprint density at radius 1 is 1.00 bits per heavy atom. The molecule has 0 radical (unpaired) electrons. The first-order chi connectivity index (χ1) is 17.4. The molecule has 1 atom stereocenters. The maximum atomic E-state index is 13.3. The fraction of sp³-hybridized carbons (Fsp3) is 0.407. The number of carbonyl (C=O) groups is 4. The third kappa shape index (κ3) is 4.41. The lowest BCUT2D eigenvalue weighted by Crippen LogP contribution is -2.62. The zero-order valence-corrected chi connectivity index (χ0v) is 20.4. The second-order valence-electron chi connectivity index (χ2n) is 9.80. The van der Waals surface area contributed by atoms with Gasteiger partial charge in [0, 0.05) is 44.2 Å². The van der Waals surface area contributed by atoms with Crippen molar-refractivity contribution in [2.24, 2.45) is 0 Å². The molecular weight excluding hydrogens is 458 g/mol. The van der Waals surface area contributed by atoms with Crippen LogP contribution in [0.2, 0.25) is 0 Å². The van der Waals surface area contributed by atoms with Crippen LogP contribution in [0, 0.1) is 0 Å². The lowest BCUT2D eigenvalue weighted by Gasteiger charge is -2.48. The van der Waals surface area contributed by atoms with Gasteiger partial charge in [-0.15, -0.1) is 0 Å². The van der Waals surface area contributed by atoms with E-state index in [1.54, 1.807) is 26.8 Å². The fourth-order valence-electron chi connectivity index (χ4n) is 5.51. The highest BCUT2D eigenvalue weighted by Gasteiger charge is 2.52. The summed E-state index contributed by atoms with van der Waals surface area (Å²) in [7, 11) is 0. The van der Waals surface area contributed by atoms with E-state index in [1.807, 2.05) is 49.4 Å². The Bertz CT molecular complexity index is 1180. The van der Waals surface area contributed by atoms with Crippen LogP contribution < -0.4 is 15.5 Å². The third-order valence-electron chi connectivity index (χ3n) is 7.48. The van der Waals surface area contributed by atoms with Crippen LogP contribution in [-0.4, -0.2) is 64.9 Å². The molecular formula is C27H31N5O4. The molecule has 9 heteroatoms. The SMILES string of the molecule is CC12CCC(=O)N1c1ccccc1C(=O)N2CCC(=O)NC1CCN(C(=O)Nc2ccccc2)CC1. The number of nitrogens with zero attached hydrogens (tertiary/aromatic N) is 3. The number of benzene rings is 2. The number of rotatable bonds is 5. The van der Waals surface area contributed by atoms with Gasteiger partial charge in [0.15, 0.2) is 0 Å². The summed E-state index contributed by atoms with van der Waals surface area (Å²) in [6.45, 7) is 3.25. The van der Waals surface area contributed by atoms with Crippen LogP contribution in [0.3, 0.4) is 0 Å². The molecule has 0 aromatic heterocycles. The van der Waals surface area contributed by atoms with Gasteiger partial charge < -0.3 is 20.4 Å². The number of hydrogen-bond acceptors (Lipinski definition) is 4. The summed E-state index contributed by atoms with van der Waals surface area (Å²) in [4.78, 5) is 56.5. The predicted octanol–water partition coefficient (Wildman–Crippen LogP) is 3.19. The van der Waals surface area contributed by atoms with Gasteiger partial charge in [0.25, 0.3) is 5.91 Å². The molecule has 2 fully saturated rings. The lowest BCUT2D eigenvalue weighted by molar-refractivity contribution is -0.122. The number of likely N-dealkylation sites (tertiary alicyclic amines) is 1. The summed E-state index contributed by atoms with van der Waals surface area (Å²) in [6.07, 6.45) is 2.41. The van der Waals surface area contributed by atoms with E-state index < -0.39 is 5.66 Å². The molecule has 3 heterocycles. The normalized spacial score (nSPS) is 21.8. The van der Waals surface area contributed by atoms with E-state index >= 15 is 0 Å². The van der Waals surface area contributed by atoms with Crippen LogP contribution in [0.25, 0.3) is 0 Å². The van der Waals surface area contributed by atoms with Gasteiger partial charge in [-0.2, -0.15) is 0 Å². The second-order valence-corrected chi connectivity index (χ2v) is 9.80. The average molecular weight is 490 g/mol. The fourth-order valence-corrected chi connectivity index (χ4v) is 5.51. The molecule has 1 unspecified atom stereocenters. The number of carbonyl (C=O) groups excluding carboxylic acids is 4. The van der Waals surface area contributed by atoms with Crippen molar-refractivity contribution in [2.45, 2.75) is 50.7 Å². The van der Waals surface area contributed by atoms with E-state index in [-0.39, 0.29) is 42.8 Å². The Balaban J connectivity index is 1.15. The molecule has 9 nitrogen and oxygen atoms in total. The molecule has 0 saturated carbocycles. The van der Waals surface area contributed by atoms with Crippen molar-refractivity contribution in [1.82, 2.24) is 15.1 Å². The van der Waals surface area contributed by atoms with E-state index in [0.29, 0.717) is 50.0 Å². The maximum absolute atomic E-state index is 13.3. The number of hydrogen-bond donors (Lipinski definition) is 2. The first kappa shape index (κ1) is 23.8. The van der Waals surface area contributed by atoms with Crippen LogP contribution >= 0.6 is 0 Å². The van der Waals surface area contributed by atoms with Crippen LogP contribution in [0.4, 0.5) is 16.2 Å². The summed E-state index contributed by atoms with van der Waals surface area (Å²) >= 11 is 0. The minimum Gasteiger partial charge on any atom is -0.353 e. The minimum atomic E-state index is -0.764. The van der Waals surface area contributed by atoms with E-state index in [9.17, 15) is 19.2 Å². The zero-order valence-electron chi connectivity index (χ0n) is 20.4. The van der Waals surface area contributed by atoms with Crippen molar-refractivity contribution < 1.29 is 19.2 Å². The molecule has 36 heavy (non-hydrogen) atoms. The summed E-state index contributed by atoms with van der Waals surface area (Å²) in [5, 5.41) is 5.96. The highest BCUT2D eigenvalue weighted by Crippen LogP contribution is 2.43. The van der Waals surface area contributed by atoms with E-state index in [4.69, 9.17) is 0 Å². The van der Waals surface area contributed by atoms with Crippen molar-refractivity contribution in [3.8, 4) is 0 Å². The molecule has 0 spiro atoms. The first-order valence-corrected chi connectivity index (χ1v) is 12.5. The van der Waals surface area contributed by atoms with E-state index in [1.165, 1.54) is 0 Å². The summed E-state index contributed by atoms with van der Waals surface area (Å²) < 4.78 is 0. The Kier molecular flexibility index (Phi) is 6.38. The van der Waals surface area contributed by atoms with Gasteiger partial charge in [0.1, 0.15) is 5.66 Å². The molecule has 2 aromatic carbocycles. The smallest absolute Gasteiger partial charge is 0.321 e. The van der Waals surface area contributed by atoms with Gasteiger partial charge in [-0.1, -0.05) is 30.3 Å². The van der Waals surface area contributed by atoms with Crippen LogP contribution in [-0.2, 0) is 9.59 Å². The highest BCUT2D eigenvalue weighted by atomic mass is 16.2. The molecule has 188 valence electrons. The number of anilines is 2. The number of amides is 5. The van der Waals surface area contributed by atoms with Crippen molar-refractivity contribution in [3.63, 3.8) is 0 Å². The molecule has 3 aliphatic rings. The third-order valence-corrected chi connectivity index (χ3v) is 7.48. The number of fused-ring (bicyclic) bond motifs is 3. The van der Waals surface area contributed by atoms with Crippen LogP contribution in [0.5, 0.6) is 0 Å². The monoisotopic (exact) mass is 489 g/mol. The summed E-state index contributed by atoms with van der Waals surface area (Å²) in [5.74, 6) is -0.284. The van der Waals surface area contributed by atoms with Crippen molar-refractivity contribution in [3.05, 3.63) is 60.2 Å². The number of para-hydroxylation sites is 2. The topological polar surface area (TPSA) is 102 Å². The Morgan fingerprint density at radius 2 is 1.69 bits per heavy atom. The van der Waals surface area contributed by atoms with Crippen molar-refractivity contribution in [2.75, 3.05) is 29.9 Å². The van der Waals surface area contributed by atoms with Gasteiger partial charge in [0.2, 0.25) is 11.8 Å². The number of piperidine rings is 1. The Labute approximate surface area is 210 Å². The second kappa shape index (κ2) is 9.64. The molecule has 3 aliphatic heterocycles. The largest absolute Gasteiger partial charge is 0.353 e. The van der Waals surface area contributed by atoms with Gasteiger partial charge in [0.05, 0.1) is 11.3 Å². The van der Waals surface area contributed by atoms with Gasteiger partial charge in [-0.3, -0.25) is 19.3 Å². The molecule has 5 amide bonds. The quantitative estimate of drug-likeness (QED) is 0.673. The summed E-state index contributed by atoms with van der Waals surface area (Å²) in [6, 6.07) is 16.3. The zero-order chi connectivity index (χ0) is 25.3. The molecule has 2 saturated heterocycles. The first-order valence-electron chi connectivity index (χ1n) is 12.5. The van der Waals surface area contributed by atoms with Gasteiger partial charge >= 0.3 is 6.03 Å². The molecule has 2 N–H and O–H groups in total. The van der Waals surface area contributed by atoms with Crippen molar-refractivity contribution in [1.29, 1.82) is 0 Å². The van der Waals surface area contributed by atoms with Crippen LogP contribution in [0.15, 0.2) is 54.6 Å².